The minimum Gasteiger partial charge on any atom is -0.480 e. The Balaban J connectivity index is 1.68. The summed E-state index contributed by atoms with van der Waals surface area (Å²) in [6, 6.07) is 4.85. The van der Waals surface area contributed by atoms with E-state index >= 15 is 0 Å². The number of aliphatic hydroxyl groups is 1. The van der Waals surface area contributed by atoms with Crippen molar-refractivity contribution in [3.05, 3.63) is 29.8 Å². The summed E-state index contributed by atoms with van der Waals surface area (Å²) >= 11 is 1.26. The van der Waals surface area contributed by atoms with Crippen molar-refractivity contribution in [1.82, 2.24) is 10.2 Å². The molecule has 0 spiro atoms. The van der Waals surface area contributed by atoms with E-state index in [2.05, 4.69) is 5.32 Å². The van der Waals surface area contributed by atoms with Gasteiger partial charge in [-0.2, -0.15) is 0 Å². The highest BCUT2D eigenvalue weighted by Gasteiger charge is 2.61. The van der Waals surface area contributed by atoms with Crippen LogP contribution >= 0.6 is 11.8 Å². The van der Waals surface area contributed by atoms with Crippen LogP contribution in [0.2, 0.25) is 0 Å². The molecule has 3 rings (SSSR count). The summed E-state index contributed by atoms with van der Waals surface area (Å²) in [5.74, 6) is -1.96. The molecule has 5 N–H and O–H groups in total. The number of benzene rings is 1. The van der Waals surface area contributed by atoms with Gasteiger partial charge < -0.3 is 26.2 Å². The van der Waals surface area contributed by atoms with E-state index in [-0.39, 0.29) is 18.1 Å². The van der Waals surface area contributed by atoms with E-state index in [4.69, 9.17) is 5.73 Å². The first-order chi connectivity index (χ1) is 11.7. The second-order valence-corrected chi connectivity index (χ2v) is 7.57. The largest absolute Gasteiger partial charge is 0.480 e. The average Bonchev–Trinajstić information content (AvgIpc) is 2.53. The number of carboxylic acid groups (broad SMARTS) is 1. The Hall–Kier alpha value is -2.26. The van der Waals surface area contributed by atoms with Crippen LogP contribution in [0.15, 0.2) is 24.3 Å². The maximum atomic E-state index is 12.4. The topological polar surface area (TPSA) is 133 Å². The van der Waals surface area contributed by atoms with Gasteiger partial charge >= 0.3 is 5.97 Å². The lowest BCUT2D eigenvalue weighted by atomic mass is 9.91. The van der Waals surface area contributed by atoms with Crippen LogP contribution in [0.5, 0.6) is 0 Å². The molecule has 0 radical (unpaired) electrons. The van der Waals surface area contributed by atoms with Gasteiger partial charge in [0.15, 0.2) is 6.04 Å². The number of nitrogen functional groups attached to an aromatic ring is 1. The first kappa shape index (κ1) is 17.6. The van der Waals surface area contributed by atoms with Gasteiger partial charge in [-0.15, -0.1) is 11.8 Å². The quantitative estimate of drug-likeness (QED) is 0.414. The lowest BCUT2D eigenvalue weighted by molar-refractivity contribution is -0.174. The van der Waals surface area contributed by atoms with Gasteiger partial charge in [-0.1, -0.05) is 18.2 Å². The van der Waals surface area contributed by atoms with Crippen molar-refractivity contribution >= 4 is 35.2 Å². The second kappa shape index (κ2) is 6.23. The molecular weight excluding hydrogens is 346 g/mol. The van der Waals surface area contributed by atoms with Crippen LogP contribution in [0, 0.1) is 0 Å². The van der Waals surface area contributed by atoms with Crippen molar-refractivity contribution in [2.45, 2.75) is 36.4 Å². The van der Waals surface area contributed by atoms with Crippen LogP contribution in [-0.4, -0.2) is 61.7 Å². The van der Waals surface area contributed by atoms with Crippen molar-refractivity contribution in [3.63, 3.8) is 0 Å². The van der Waals surface area contributed by atoms with Gasteiger partial charge in [-0.3, -0.25) is 9.59 Å². The zero-order valence-corrected chi connectivity index (χ0v) is 14.3. The van der Waals surface area contributed by atoms with Crippen LogP contribution in [-0.2, 0) is 20.8 Å². The Labute approximate surface area is 148 Å². The summed E-state index contributed by atoms with van der Waals surface area (Å²) in [6.07, 6.45) is 0.0356. The maximum absolute atomic E-state index is 12.4. The van der Waals surface area contributed by atoms with Gasteiger partial charge in [0.2, 0.25) is 11.8 Å². The molecule has 2 fully saturated rings. The molecule has 8 nitrogen and oxygen atoms in total. The van der Waals surface area contributed by atoms with E-state index in [1.54, 1.807) is 24.3 Å². The zero-order valence-electron chi connectivity index (χ0n) is 13.5. The average molecular weight is 365 g/mol. The minimum absolute atomic E-state index is 0.0356. The van der Waals surface area contributed by atoms with Crippen molar-refractivity contribution < 1.29 is 24.6 Å². The lowest BCUT2D eigenvalue weighted by Gasteiger charge is -2.56. The van der Waals surface area contributed by atoms with E-state index in [1.807, 2.05) is 0 Å². The third-order valence-electron chi connectivity index (χ3n) is 4.45. The molecule has 0 bridgehead atoms. The summed E-state index contributed by atoms with van der Waals surface area (Å²) in [4.78, 5) is 37.2. The number of anilines is 1. The number of rotatable bonds is 4. The van der Waals surface area contributed by atoms with Crippen LogP contribution < -0.4 is 11.1 Å². The molecule has 0 saturated carbocycles. The summed E-state index contributed by atoms with van der Waals surface area (Å²) in [6.45, 7) is 1.40. The van der Waals surface area contributed by atoms with Crippen molar-refractivity contribution in [1.29, 1.82) is 0 Å². The summed E-state index contributed by atoms with van der Waals surface area (Å²) in [5.41, 5.74) is 5.44. The van der Waals surface area contributed by atoms with Gasteiger partial charge in [0.25, 0.3) is 0 Å². The molecule has 134 valence electrons. The fraction of sp³-hybridized carbons (Fsp3) is 0.438. The number of hydrogen-bond acceptors (Lipinski definition) is 6. The number of carboxylic acids is 1. The third kappa shape index (κ3) is 3.05. The SMILES string of the molecule is CC1(O)CS[C@@H]2C(NC(=O)Cc3ccccc3N)C(=O)N2C1C(=O)O. The Kier molecular flexibility index (Phi) is 4.38. The highest BCUT2D eigenvalue weighted by atomic mass is 32.2. The molecule has 9 heteroatoms. The highest BCUT2D eigenvalue weighted by Crippen LogP contribution is 2.42. The number of carbonyl (C=O) groups is 3. The summed E-state index contributed by atoms with van der Waals surface area (Å²) in [7, 11) is 0. The first-order valence-electron chi connectivity index (χ1n) is 7.74. The predicted octanol–water partition coefficient (Wildman–Crippen LogP) is -0.585. The third-order valence-corrected chi connectivity index (χ3v) is 6.04. The van der Waals surface area contributed by atoms with Crippen LogP contribution in [0.4, 0.5) is 5.69 Å². The first-order valence-corrected chi connectivity index (χ1v) is 8.79. The van der Waals surface area contributed by atoms with Gasteiger partial charge in [0.1, 0.15) is 17.0 Å². The number of carbonyl (C=O) groups excluding carboxylic acids is 2. The van der Waals surface area contributed by atoms with E-state index < -0.39 is 34.9 Å². The summed E-state index contributed by atoms with van der Waals surface area (Å²) in [5, 5.41) is 21.7. The fourth-order valence-corrected chi connectivity index (χ4v) is 4.61. The molecule has 2 saturated heterocycles. The van der Waals surface area contributed by atoms with Crippen LogP contribution in [0.25, 0.3) is 0 Å². The number of para-hydroxylation sites is 1. The van der Waals surface area contributed by atoms with Crippen molar-refractivity contribution in [2.24, 2.45) is 0 Å². The highest BCUT2D eigenvalue weighted by molar-refractivity contribution is 8.00. The number of hydrogen-bond donors (Lipinski definition) is 4. The minimum atomic E-state index is -1.52. The number of thioether (sulfide) groups is 1. The Morgan fingerprint density at radius 3 is 2.76 bits per heavy atom. The number of nitrogens with two attached hydrogens (primary N) is 1. The van der Waals surface area contributed by atoms with E-state index in [1.165, 1.54) is 18.7 Å². The Bertz CT molecular complexity index is 738. The van der Waals surface area contributed by atoms with Gasteiger partial charge in [0, 0.05) is 11.4 Å². The fourth-order valence-electron chi connectivity index (χ4n) is 3.18. The molecule has 1 aromatic carbocycles. The van der Waals surface area contributed by atoms with Crippen molar-refractivity contribution in [2.75, 3.05) is 11.5 Å². The molecule has 3 unspecified atom stereocenters. The zero-order chi connectivity index (χ0) is 18.4. The Morgan fingerprint density at radius 1 is 1.44 bits per heavy atom. The van der Waals surface area contributed by atoms with Crippen LogP contribution in [0.3, 0.4) is 0 Å². The van der Waals surface area contributed by atoms with E-state index in [0.29, 0.717) is 11.3 Å². The number of fused-ring (bicyclic) bond motifs is 1. The molecule has 2 aliphatic rings. The van der Waals surface area contributed by atoms with Gasteiger partial charge in [-0.25, -0.2) is 4.79 Å². The summed E-state index contributed by atoms with van der Waals surface area (Å²) < 4.78 is 0. The van der Waals surface area contributed by atoms with Gasteiger partial charge in [0.05, 0.1) is 6.42 Å². The molecular formula is C16H19N3O5S. The van der Waals surface area contributed by atoms with Gasteiger partial charge in [-0.05, 0) is 18.6 Å². The van der Waals surface area contributed by atoms with Crippen molar-refractivity contribution in [3.8, 4) is 0 Å². The smallest absolute Gasteiger partial charge is 0.329 e. The maximum Gasteiger partial charge on any atom is 0.329 e. The lowest BCUT2D eigenvalue weighted by Crippen LogP contribution is -2.78. The standard InChI is InChI=1S/C16H19N3O5S/c1-16(24)7-25-14-11(13(21)19(14)12(16)15(22)23)18-10(20)6-8-4-2-3-5-9(8)17/h2-5,11-12,14,24H,6-7,17H2,1H3,(H,18,20)(H,22,23)/t11?,12?,14-,16?/m1/s1. The van der Waals surface area contributed by atoms with E-state index in [0.717, 1.165) is 4.90 Å². The number of nitrogens with zero attached hydrogens (tertiary/aromatic N) is 1. The van der Waals surface area contributed by atoms with Crippen LogP contribution in [0.1, 0.15) is 12.5 Å². The predicted molar refractivity (Wildman–Crippen MR) is 91.6 cm³/mol. The normalized spacial score (nSPS) is 31.0. The monoisotopic (exact) mass is 365 g/mol. The molecule has 1 aromatic rings. The second-order valence-electron chi connectivity index (χ2n) is 6.47. The number of aliphatic carboxylic acids is 1. The molecule has 2 amide bonds. The molecule has 0 aromatic heterocycles. The Morgan fingerprint density at radius 2 is 2.12 bits per heavy atom. The molecule has 4 atom stereocenters. The molecule has 0 aliphatic carbocycles. The number of β-lactam (4-membered cyclic amide) rings is 1. The number of nitrogens with one attached hydrogen (secondary N) is 1. The molecule has 2 heterocycles. The molecule has 25 heavy (non-hydrogen) atoms. The van der Waals surface area contributed by atoms with E-state index in [9.17, 15) is 24.6 Å². The molecule has 2 aliphatic heterocycles. The number of amides is 2.